The van der Waals surface area contributed by atoms with E-state index in [-0.39, 0.29) is 5.91 Å². The maximum atomic E-state index is 12.6. The van der Waals surface area contributed by atoms with Crippen molar-refractivity contribution in [1.29, 1.82) is 0 Å². The topological polar surface area (TPSA) is 63.5 Å². The molecule has 1 aromatic carbocycles. The van der Waals surface area contributed by atoms with Gasteiger partial charge in [-0.1, -0.05) is 12.1 Å². The number of piperidine rings is 1. The number of ether oxygens (including phenoxy) is 1. The number of methoxy groups -OCH3 is 1. The van der Waals surface area contributed by atoms with Crippen LogP contribution >= 0.6 is 0 Å². The highest BCUT2D eigenvalue weighted by Crippen LogP contribution is 2.19. The molecular weight excluding hydrogens is 366 g/mol. The van der Waals surface area contributed by atoms with Crippen molar-refractivity contribution in [3.63, 3.8) is 0 Å². The second kappa shape index (κ2) is 11.0. The van der Waals surface area contributed by atoms with Crippen molar-refractivity contribution in [3.8, 4) is 5.75 Å². The van der Waals surface area contributed by atoms with Crippen molar-refractivity contribution >= 4 is 5.91 Å². The van der Waals surface area contributed by atoms with Crippen LogP contribution in [0.25, 0.3) is 0 Å². The molecule has 1 aliphatic rings. The Hall–Kier alpha value is -2.41. The van der Waals surface area contributed by atoms with Crippen LogP contribution in [0.1, 0.15) is 31.7 Å². The Kier molecular flexibility index (Phi) is 8.04. The average molecular weight is 400 g/mol. The van der Waals surface area contributed by atoms with Crippen molar-refractivity contribution in [2.75, 3.05) is 39.8 Å². The number of carbonyl (C=O) groups excluding carboxylic acids is 1. The third kappa shape index (κ3) is 6.56. The summed E-state index contributed by atoms with van der Waals surface area (Å²) in [5.74, 6) is 1.67. The summed E-state index contributed by atoms with van der Waals surface area (Å²) >= 11 is 0. The van der Waals surface area contributed by atoms with Gasteiger partial charge in [0, 0.05) is 32.6 Å². The number of carbonyl (C=O) groups is 1. The molecule has 158 valence electrons. The van der Waals surface area contributed by atoms with Gasteiger partial charge in [0.05, 0.1) is 13.7 Å². The second-order valence-electron chi connectivity index (χ2n) is 7.75. The summed E-state index contributed by atoms with van der Waals surface area (Å²) in [6.45, 7) is 7.53. The Morgan fingerprint density at radius 1 is 1.34 bits per heavy atom. The van der Waals surface area contributed by atoms with Gasteiger partial charge in [-0.25, -0.2) is 4.98 Å². The molecule has 7 nitrogen and oxygen atoms in total. The molecule has 1 amide bonds. The van der Waals surface area contributed by atoms with Gasteiger partial charge in [-0.05, 0) is 56.3 Å². The lowest BCUT2D eigenvalue weighted by Gasteiger charge is -2.35. The van der Waals surface area contributed by atoms with Gasteiger partial charge in [0.15, 0.2) is 0 Å². The van der Waals surface area contributed by atoms with Crippen LogP contribution in [0, 0.1) is 5.92 Å². The quantitative estimate of drug-likeness (QED) is 0.614. The van der Waals surface area contributed by atoms with E-state index in [9.17, 15) is 4.79 Å². The summed E-state index contributed by atoms with van der Waals surface area (Å²) in [6, 6.07) is 8.32. The Morgan fingerprint density at radius 3 is 3.00 bits per heavy atom. The number of aryl methyl sites for hydroxylation is 1. The van der Waals surface area contributed by atoms with Crippen LogP contribution in [0.2, 0.25) is 0 Å². The Bertz CT molecular complexity index is 749. The third-order valence-electron chi connectivity index (χ3n) is 5.69. The van der Waals surface area contributed by atoms with Crippen molar-refractivity contribution in [2.24, 2.45) is 5.92 Å². The monoisotopic (exact) mass is 399 g/mol. The number of rotatable bonds is 10. The highest BCUT2D eigenvalue weighted by molar-refractivity contribution is 5.76. The average Bonchev–Trinajstić information content (AvgIpc) is 3.28. The van der Waals surface area contributed by atoms with Crippen LogP contribution in [-0.2, 0) is 17.8 Å². The maximum absolute atomic E-state index is 12.6. The highest BCUT2D eigenvalue weighted by Gasteiger charge is 2.23. The molecule has 0 aliphatic carbocycles. The normalized spacial score (nSPS) is 17.2. The molecule has 1 aliphatic heterocycles. The van der Waals surface area contributed by atoms with Gasteiger partial charge >= 0.3 is 0 Å². The lowest BCUT2D eigenvalue weighted by Crippen LogP contribution is -2.43. The molecule has 1 atom stereocenters. The smallest absolute Gasteiger partial charge is 0.224 e. The fourth-order valence-electron chi connectivity index (χ4n) is 4.05. The molecule has 0 unspecified atom stereocenters. The molecule has 0 spiro atoms. The molecule has 0 saturated carbocycles. The summed E-state index contributed by atoms with van der Waals surface area (Å²) in [6.07, 6.45) is 7.06. The molecule has 1 aromatic heterocycles. The van der Waals surface area contributed by atoms with E-state index in [1.165, 1.54) is 24.7 Å². The first-order chi connectivity index (χ1) is 14.2. The lowest BCUT2D eigenvalue weighted by molar-refractivity contribution is -0.132. The van der Waals surface area contributed by atoms with Gasteiger partial charge in [-0.3, -0.25) is 9.48 Å². The number of likely N-dealkylation sites (tertiary alicyclic amines) is 1. The number of hydrogen-bond acceptors (Lipinski definition) is 5. The summed E-state index contributed by atoms with van der Waals surface area (Å²) in [7, 11) is 1.71. The predicted molar refractivity (Wildman–Crippen MR) is 113 cm³/mol. The summed E-state index contributed by atoms with van der Waals surface area (Å²) in [4.78, 5) is 21.1. The summed E-state index contributed by atoms with van der Waals surface area (Å²) in [5, 5.41) is 4.08. The van der Waals surface area contributed by atoms with Crippen molar-refractivity contribution in [1.82, 2.24) is 24.6 Å². The largest absolute Gasteiger partial charge is 0.497 e. The molecule has 1 fully saturated rings. The number of nitrogens with zero attached hydrogens (tertiary/aromatic N) is 5. The Morgan fingerprint density at radius 2 is 2.24 bits per heavy atom. The first-order valence-corrected chi connectivity index (χ1v) is 10.6. The SMILES string of the molecule is CCN(C[C@H]1CCCN(CCc2cccc(OC)c2)C1)C(=O)CCn1cncn1. The molecule has 1 saturated heterocycles. The fraction of sp³-hybridized carbons (Fsp3) is 0.591. The molecule has 0 radical (unpaired) electrons. The minimum atomic E-state index is 0.205. The minimum absolute atomic E-state index is 0.205. The first kappa shape index (κ1) is 21.3. The molecule has 2 aromatic rings. The van der Waals surface area contributed by atoms with E-state index >= 15 is 0 Å². The molecule has 0 N–H and O–H groups in total. The van der Waals surface area contributed by atoms with Gasteiger partial charge in [-0.15, -0.1) is 0 Å². The molecule has 2 heterocycles. The first-order valence-electron chi connectivity index (χ1n) is 10.6. The van der Waals surface area contributed by atoms with Gasteiger partial charge in [-0.2, -0.15) is 5.10 Å². The third-order valence-corrected chi connectivity index (χ3v) is 5.69. The predicted octanol–water partition coefficient (Wildman–Crippen LogP) is 2.48. The maximum Gasteiger partial charge on any atom is 0.224 e. The van der Waals surface area contributed by atoms with Crippen molar-refractivity contribution < 1.29 is 9.53 Å². The van der Waals surface area contributed by atoms with Crippen LogP contribution < -0.4 is 4.74 Å². The summed E-state index contributed by atoms with van der Waals surface area (Å²) < 4.78 is 7.04. The van der Waals surface area contributed by atoms with E-state index in [1.807, 2.05) is 11.0 Å². The van der Waals surface area contributed by atoms with E-state index in [0.717, 1.165) is 44.9 Å². The van der Waals surface area contributed by atoms with E-state index in [1.54, 1.807) is 18.1 Å². The lowest BCUT2D eigenvalue weighted by atomic mass is 9.96. The van der Waals surface area contributed by atoms with E-state index in [4.69, 9.17) is 4.74 Å². The van der Waals surface area contributed by atoms with Gasteiger partial charge < -0.3 is 14.5 Å². The number of benzene rings is 1. The second-order valence-corrected chi connectivity index (χ2v) is 7.75. The number of aromatic nitrogens is 3. The van der Waals surface area contributed by atoms with Crippen LogP contribution in [0.3, 0.4) is 0 Å². The zero-order chi connectivity index (χ0) is 20.5. The van der Waals surface area contributed by atoms with Crippen molar-refractivity contribution in [2.45, 2.75) is 39.2 Å². The van der Waals surface area contributed by atoms with Gasteiger partial charge in [0.2, 0.25) is 5.91 Å². The zero-order valence-electron chi connectivity index (χ0n) is 17.7. The van der Waals surface area contributed by atoms with Crippen LogP contribution in [0.4, 0.5) is 0 Å². The molecule has 3 rings (SSSR count). The molecule has 29 heavy (non-hydrogen) atoms. The van der Waals surface area contributed by atoms with Crippen molar-refractivity contribution in [3.05, 3.63) is 42.5 Å². The zero-order valence-corrected chi connectivity index (χ0v) is 17.7. The van der Waals surface area contributed by atoms with Crippen LogP contribution in [0.15, 0.2) is 36.9 Å². The number of amides is 1. The van der Waals surface area contributed by atoms with E-state index in [2.05, 4.69) is 40.1 Å². The van der Waals surface area contributed by atoms with Crippen LogP contribution in [-0.4, -0.2) is 70.3 Å². The van der Waals surface area contributed by atoms with Gasteiger partial charge in [0.1, 0.15) is 18.4 Å². The van der Waals surface area contributed by atoms with Crippen LogP contribution in [0.5, 0.6) is 5.75 Å². The number of hydrogen-bond donors (Lipinski definition) is 0. The van der Waals surface area contributed by atoms with Gasteiger partial charge in [0.25, 0.3) is 0 Å². The fourth-order valence-corrected chi connectivity index (χ4v) is 4.05. The Labute approximate surface area is 173 Å². The molecular formula is C22H33N5O2. The molecule has 7 heteroatoms. The highest BCUT2D eigenvalue weighted by atomic mass is 16.5. The molecule has 0 bridgehead atoms. The Balaban J connectivity index is 1.45. The standard InChI is InChI=1S/C22H33N5O2/c1-3-26(22(28)10-13-27-18-23-17-24-27)16-20-7-5-11-25(15-20)12-9-19-6-4-8-21(14-19)29-2/h4,6,8,14,17-18,20H,3,5,7,9-13,15-16H2,1-2H3/t20-/m0/s1. The minimum Gasteiger partial charge on any atom is -0.497 e. The van der Waals surface area contributed by atoms with E-state index in [0.29, 0.717) is 18.9 Å². The van der Waals surface area contributed by atoms with E-state index < -0.39 is 0 Å². The summed E-state index contributed by atoms with van der Waals surface area (Å²) in [5.41, 5.74) is 1.31.